The van der Waals surface area contributed by atoms with E-state index >= 15 is 0 Å². The van der Waals surface area contributed by atoms with Crippen molar-refractivity contribution in [3.8, 4) is 0 Å². The third-order valence-corrected chi connectivity index (χ3v) is 7.28. The maximum absolute atomic E-state index is 12.2. The van der Waals surface area contributed by atoms with Crippen molar-refractivity contribution >= 4 is 46.0 Å². The number of fused-ring (bicyclic) bond motifs is 1. The Morgan fingerprint density at radius 2 is 1.86 bits per heavy atom. The molecule has 2 rings (SSSR count). The van der Waals surface area contributed by atoms with Crippen molar-refractivity contribution in [1.29, 1.82) is 0 Å². The maximum atomic E-state index is 12.2. The Morgan fingerprint density at radius 3 is 2.36 bits per heavy atom. The van der Waals surface area contributed by atoms with Gasteiger partial charge in [-0.3, -0.25) is 4.57 Å². The first-order valence-electron chi connectivity index (χ1n) is 6.98. The first-order valence-corrected chi connectivity index (χ1v) is 9.77. The molecule has 0 atom stereocenters. The fraction of sp³-hybridized carbons (Fsp3) is 0.400. The molecular formula is C15H18BrClNO3P. The van der Waals surface area contributed by atoms with E-state index < -0.39 is 12.8 Å². The predicted octanol–water partition coefficient (Wildman–Crippen LogP) is 5.15. The Labute approximate surface area is 143 Å². The van der Waals surface area contributed by atoms with Crippen molar-refractivity contribution < 1.29 is 14.4 Å². The van der Waals surface area contributed by atoms with Gasteiger partial charge in [0.05, 0.1) is 10.7 Å². The second-order valence-corrected chi connectivity index (χ2v) is 8.51. The van der Waals surface area contributed by atoms with Gasteiger partial charge in [-0.25, -0.2) is 4.98 Å². The molecule has 0 spiro atoms. The zero-order chi connectivity index (χ0) is 16.7. The molecule has 1 aromatic carbocycles. The summed E-state index contributed by atoms with van der Waals surface area (Å²) in [5.41, 5.74) is 2.14. The van der Waals surface area contributed by atoms with Crippen molar-refractivity contribution in [1.82, 2.24) is 4.98 Å². The molecule has 0 saturated carbocycles. The van der Waals surface area contributed by atoms with Gasteiger partial charge in [0, 0.05) is 16.0 Å². The maximum Gasteiger partial charge on any atom is 0.336 e. The van der Waals surface area contributed by atoms with E-state index in [2.05, 4.69) is 20.9 Å². The lowest BCUT2D eigenvalue weighted by atomic mass is 9.93. The molecule has 22 heavy (non-hydrogen) atoms. The van der Waals surface area contributed by atoms with Crippen molar-refractivity contribution in [2.24, 2.45) is 0 Å². The summed E-state index contributed by atoms with van der Waals surface area (Å²) in [6.45, 7) is 5.46. The number of rotatable bonds is 4. The number of aryl methyl sites for hydroxylation is 1. The van der Waals surface area contributed by atoms with E-state index in [0.717, 1.165) is 10.9 Å². The largest absolute Gasteiger partial charge is 0.336 e. The van der Waals surface area contributed by atoms with Crippen LogP contribution in [0.1, 0.15) is 37.8 Å². The summed E-state index contributed by atoms with van der Waals surface area (Å²) < 4.78 is 12.6. The number of benzene rings is 1. The van der Waals surface area contributed by atoms with Crippen LogP contribution in [0.3, 0.4) is 0 Å². The van der Waals surface area contributed by atoms with E-state index in [1.807, 2.05) is 19.1 Å². The van der Waals surface area contributed by atoms with E-state index in [0.29, 0.717) is 33.5 Å². The summed E-state index contributed by atoms with van der Waals surface area (Å²) in [6.07, 6.45) is 0.651. The van der Waals surface area contributed by atoms with Gasteiger partial charge in [-0.15, -0.1) is 0 Å². The molecule has 0 fully saturated rings. The molecule has 0 unspecified atom stereocenters. The highest BCUT2D eigenvalue weighted by Gasteiger charge is 2.46. The van der Waals surface area contributed by atoms with E-state index in [4.69, 9.17) is 11.6 Å². The Bertz CT molecular complexity index is 771. The standard InChI is InChI=1S/C15H18BrClNO3P/c1-4-15(5-2,22(19,20)21)11-7-10-6-9(3)12(17)8-13(10)18-14(11)16/h6-8H,4-5H2,1-3H3,(H2,19,20,21). The Hall–Kier alpha value is -0.450. The molecule has 0 aliphatic heterocycles. The molecule has 0 aliphatic carbocycles. The lowest BCUT2D eigenvalue weighted by Gasteiger charge is -2.33. The van der Waals surface area contributed by atoms with Crippen LogP contribution < -0.4 is 0 Å². The van der Waals surface area contributed by atoms with Crippen LogP contribution in [0.4, 0.5) is 0 Å². The summed E-state index contributed by atoms with van der Waals surface area (Å²) in [5.74, 6) is 0. The quantitative estimate of drug-likeness (QED) is 0.544. The summed E-state index contributed by atoms with van der Waals surface area (Å²) >= 11 is 9.49. The number of nitrogens with zero attached hydrogens (tertiary/aromatic N) is 1. The smallest absolute Gasteiger partial charge is 0.324 e. The van der Waals surface area contributed by atoms with E-state index in [9.17, 15) is 14.4 Å². The minimum absolute atomic E-state index is 0.326. The molecule has 7 heteroatoms. The van der Waals surface area contributed by atoms with Gasteiger partial charge in [-0.2, -0.15) is 0 Å². The Kier molecular flexibility index (Phi) is 5.06. The van der Waals surface area contributed by atoms with Crippen LogP contribution in [-0.4, -0.2) is 14.8 Å². The number of hydrogen-bond donors (Lipinski definition) is 2. The lowest BCUT2D eigenvalue weighted by Crippen LogP contribution is -2.25. The molecule has 2 aromatic rings. The molecule has 0 amide bonds. The van der Waals surface area contributed by atoms with Gasteiger partial charge in [-0.05, 0) is 59.5 Å². The summed E-state index contributed by atoms with van der Waals surface area (Å²) in [5, 5.41) is 0.201. The Morgan fingerprint density at radius 1 is 1.27 bits per heavy atom. The molecule has 0 saturated heterocycles. The average Bonchev–Trinajstić information content (AvgIpc) is 2.42. The van der Waals surface area contributed by atoms with Crippen molar-refractivity contribution in [3.05, 3.63) is 39.0 Å². The average molecular weight is 407 g/mol. The summed E-state index contributed by atoms with van der Waals surface area (Å²) in [7, 11) is -4.35. The SMILES string of the molecule is CCC(CC)(c1cc2cc(C)c(Cl)cc2nc1Br)P(=O)(O)O. The molecule has 120 valence electrons. The number of halogens is 2. The van der Waals surface area contributed by atoms with Crippen LogP contribution in [-0.2, 0) is 9.72 Å². The highest BCUT2D eigenvalue weighted by molar-refractivity contribution is 9.10. The van der Waals surface area contributed by atoms with Crippen LogP contribution in [0.25, 0.3) is 10.9 Å². The van der Waals surface area contributed by atoms with Gasteiger partial charge in [0.2, 0.25) is 0 Å². The van der Waals surface area contributed by atoms with Crippen molar-refractivity contribution in [3.63, 3.8) is 0 Å². The van der Waals surface area contributed by atoms with Crippen molar-refractivity contribution in [2.75, 3.05) is 0 Å². The molecule has 0 aliphatic rings. The van der Waals surface area contributed by atoms with E-state index in [1.165, 1.54) is 0 Å². The second kappa shape index (κ2) is 6.21. The molecule has 1 aromatic heterocycles. The Balaban J connectivity index is 2.82. The van der Waals surface area contributed by atoms with Gasteiger partial charge in [0.1, 0.15) is 4.60 Å². The third-order valence-electron chi connectivity index (χ3n) is 4.28. The fourth-order valence-corrected chi connectivity index (χ4v) is 5.12. The van der Waals surface area contributed by atoms with Gasteiger partial charge < -0.3 is 9.79 Å². The molecule has 4 nitrogen and oxygen atoms in total. The minimum Gasteiger partial charge on any atom is -0.324 e. The first-order chi connectivity index (χ1) is 10.2. The minimum atomic E-state index is -4.35. The lowest BCUT2D eigenvalue weighted by molar-refractivity contribution is 0.314. The first kappa shape index (κ1) is 17.9. The molecule has 1 heterocycles. The normalized spacial score (nSPS) is 12.9. The van der Waals surface area contributed by atoms with Crippen LogP contribution in [0.5, 0.6) is 0 Å². The number of hydrogen-bond acceptors (Lipinski definition) is 2. The van der Waals surface area contributed by atoms with Gasteiger partial charge >= 0.3 is 7.60 Å². The zero-order valence-corrected chi connectivity index (χ0v) is 15.8. The van der Waals surface area contributed by atoms with Crippen LogP contribution in [0.2, 0.25) is 5.02 Å². The van der Waals surface area contributed by atoms with Gasteiger partial charge in [0.25, 0.3) is 0 Å². The fourth-order valence-electron chi connectivity index (χ4n) is 2.81. The van der Waals surface area contributed by atoms with Gasteiger partial charge in [-0.1, -0.05) is 25.4 Å². The highest BCUT2D eigenvalue weighted by atomic mass is 79.9. The summed E-state index contributed by atoms with van der Waals surface area (Å²) in [4.78, 5) is 24.3. The third kappa shape index (κ3) is 2.85. The van der Waals surface area contributed by atoms with Crippen LogP contribution in [0.15, 0.2) is 22.8 Å². The highest BCUT2D eigenvalue weighted by Crippen LogP contribution is 2.62. The molecule has 0 bridgehead atoms. The van der Waals surface area contributed by atoms with E-state index in [-0.39, 0.29) is 0 Å². The van der Waals surface area contributed by atoms with Crippen LogP contribution >= 0.6 is 35.1 Å². The van der Waals surface area contributed by atoms with Crippen LogP contribution in [0, 0.1) is 6.92 Å². The molecule has 2 N–H and O–H groups in total. The topological polar surface area (TPSA) is 70.4 Å². The van der Waals surface area contributed by atoms with Crippen molar-refractivity contribution in [2.45, 2.75) is 38.8 Å². The summed E-state index contributed by atoms with van der Waals surface area (Å²) in [6, 6.07) is 5.45. The monoisotopic (exact) mass is 405 g/mol. The van der Waals surface area contributed by atoms with Gasteiger partial charge in [0.15, 0.2) is 0 Å². The zero-order valence-electron chi connectivity index (χ0n) is 12.6. The molecular weight excluding hydrogens is 389 g/mol. The van der Waals surface area contributed by atoms with E-state index in [1.54, 1.807) is 19.9 Å². The molecule has 0 radical (unpaired) electrons. The number of pyridine rings is 1. The predicted molar refractivity (Wildman–Crippen MR) is 93.5 cm³/mol. The number of aromatic nitrogens is 1. The second-order valence-electron chi connectivity index (χ2n) is 5.40.